The molecule has 2 aliphatic rings. The summed E-state index contributed by atoms with van der Waals surface area (Å²) in [4.78, 5) is 16.7. The molecule has 4 rings (SSSR count). The van der Waals surface area contributed by atoms with Gasteiger partial charge in [-0.25, -0.2) is 4.98 Å². The molecule has 1 aromatic carbocycles. The van der Waals surface area contributed by atoms with Crippen molar-refractivity contribution in [2.45, 2.75) is 44.1 Å². The largest absolute Gasteiger partial charge is 0.326 e. The topological polar surface area (TPSA) is 82.7 Å². The lowest BCUT2D eigenvalue weighted by atomic mass is 10.1. The molecule has 6 nitrogen and oxygen atoms in total. The summed E-state index contributed by atoms with van der Waals surface area (Å²) >= 11 is 0. The van der Waals surface area contributed by atoms with Crippen LogP contribution in [-0.4, -0.2) is 33.7 Å². The second-order valence-electron chi connectivity index (χ2n) is 6.44. The number of halogens is 1. The molecule has 0 bridgehead atoms. The van der Waals surface area contributed by atoms with E-state index in [0.29, 0.717) is 24.2 Å². The van der Waals surface area contributed by atoms with Gasteiger partial charge in [0.15, 0.2) is 5.82 Å². The number of aromatic amines is 1. The number of amides is 1. The lowest BCUT2D eigenvalue weighted by Gasteiger charge is -2.10. The molecule has 1 saturated heterocycles. The van der Waals surface area contributed by atoms with Crippen molar-refractivity contribution >= 4 is 24.0 Å². The van der Waals surface area contributed by atoms with E-state index in [1.54, 1.807) is 0 Å². The molecular weight excluding hydrogens is 326 g/mol. The predicted octanol–water partition coefficient (Wildman–Crippen LogP) is 2.85. The Bertz CT molecular complexity index is 707. The summed E-state index contributed by atoms with van der Waals surface area (Å²) in [6.07, 6.45) is 5.15. The Kier molecular flexibility index (Phi) is 5.16. The fourth-order valence-corrected chi connectivity index (χ4v) is 3.05. The first-order chi connectivity index (χ1) is 11.3. The standard InChI is InChI=1S/C17H21N5O.ClH/c23-15(10-13-5-2-8-18-13)19-14-4-1-3-12(9-14)17-20-16(21-22-17)11-6-7-11;/h1,3-4,9,11,13,18H,2,5-8,10H2,(H,19,23)(H,20,21,22);1H. The summed E-state index contributed by atoms with van der Waals surface area (Å²) < 4.78 is 0. The van der Waals surface area contributed by atoms with E-state index in [4.69, 9.17) is 0 Å². The lowest BCUT2D eigenvalue weighted by molar-refractivity contribution is -0.116. The van der Waals surface area contributed by atoms with Crippen molar-refractivity contribution in [2.75, 3.05) is 11.9 Å². The Morgan fingerprint density at radius 2 is 2.17 bits per heavy atom. The van der Waals surface area contributed by atoms with Crippen LogP contribution in [0.3, 0.4) is 0 Å². The Morgan fingerprint density at radius 1 is 1.29 bits per heavy atom. The molecule has 2 heterocycles. The molecule has 1 aliphatic heterocycles. The van der Waals surface area contributed by atoms with Crippen LogP contribution in [0.25, 0.3) is 11.4 Å². The van der Waals surface area contributed by atoms with Crippen LogP contribution in [0, 0.1) is 0 Å². The predicted molar refractivity (Wildman–Crippen MR) is 95.3 cm³/mol. The summed E-state index contributed by atoms with van der Waals surface area (Å²) in [5.41, 5.74) is 1.72. The zero-order valence-corrected chi connectivity index (χ0v) is 14.2. The zero-order valence-electron chi connectivity index (χ0n) is 13.4. The minimum absolute atomic E-state index is 0. The number of aromatic nitrogens is 3. The Morgan fingerprint density at radius 3 is 2.92 bits per heavy atom. The van der Waals surface area contributed by atoms with Gasteiger partial charge in [-0.05, 0) is 44.4 Å². The highest BCUT2D eigenvalue weighted by Gasteiger charge is 2.27. The van der Waals surface area contributed by atoms with Crippen LogP contribution in [0.2, 0.25) is 0 Å². The number of H-pyrrole nitrogens is 1. The van der Waals surface area contributed by atoms with E-state index in [0.717, 1.165) is 36.5 Å². The van der Waals surface area contributed by atoms with Crippen LogP contribution >= 0.6 is 12.4 Å². The number of rotatable bonds is 5. The van der Waals surface area contributed by atoms with Gasteiger partial charge in [-0.2, -0.15) is 5.10 Å². The van der Waals surface area contributed by atoms with E-state index in [2.05, 4.69) is 25.8 Å². The number of nitrogens with zero attached hydrogens (tertiary/aromatic N) is 2. The number of hydrogen-bond acceptors (Lipinski definition) is 4. The zero-order chi connectivity index (χ0) is 15.6. The van der Waals surface area contributed by atoms with Gasteiger partial charge >= 0.3 is 0 Å². The quantitative estimate of drug-likeness (QED) is 0.776. The molecule has 0 radical (unpaired) electrons. The van der Waals surface area contributed by atoms with Gasteiger partial charge in [0.25, 0.3) is 0 Å². The van der Waals surface area contributed by atoms with Crippen molar-refractivity contribution in [2.24, 2.45) is 0 Å². The summed E-state index contributed by atoms with van der Waals surface area (Å²) in [5.74, 6) is 2.27. The van der Waals surface area contributed by atoms with E-state index in [9.17, 15) is 4.79 Å². The molecular formula is C17H22ClN5O. The second kappa shape index (κ2) is 7.32. The maximum atomic E-state index is 12.1. The summed E-state index contributed by atoms with van der Waals surface area (Å²) in [6, 6.07) is 8.03. The van der Waals surface area contributed by atoms with E-state index in [-0.39, 0.29) is 18.3 Å². The maximum absolute atomic E-state index is 12.1. The molecule has 1 saturated carbocycles. The van der Waals surface area contributed by atoms with Gasteiger partial charge in [0, 0.05) is 29.6 Å². The lowest BCUT2D eigenvalue weighted by Crippen LogP contribution is -2.27. The SMILES string of the molecule is Cl.O=C(CC1CCCN1)Nc1cccc(-c2n[nH]c(C3CC3)n2)c1. The normalized spacial score (nSPS) is 19.8. The number of benzene rings is 1. The summed E-state index contributed by atoms with van der Waals surface area (Å²) in [5, 5.41) is 13.6. The molecule has 1 unspecified atom stereocenters. The van der Waals surface area contributed by atoms with Gasteiger partial charge < -0.3 is 10.6 Å². The highest BCUT2D eigenvalue weighted by molar-refractivity contribution is 5.91. The van der Waals surface area contributed by atoms with Crippen molar-refractivity contribution < 1.29 is 4.79 Å². The van der Waals surface area contributed by atoms with Crippen molar-refractivity contribution in [1.29, 1.82) is 0 Å². The van der Waals surface area contributed by atoms with Gasteiger partial charge in [0.2, 0.25) is 5.91 Å². The number of carbonyl (C=O) groups excluding carboxylic acids is 1. The molecule has 7 heteroatoms. The van der Waals surface area contributed by atoms with Gasteiger partial charge in [-0.15, -0.1) is 12.4 Å². The molecule has 3 N–H and O–H groups in total. The average molecular weight is 348 g/mol. The third kappa shape index (κ3) is 3.94. The second-order valence-corrected chi connectivity index (χ2v) is 6.44. The molecule has 24 heavy (non-hydrogen) atoms. The van der Waals surface area contributed by atoms with E-state index < -0.39 is 0 Å². The van der Waals surface area contributed by atoms with Crippen LogP contribution in [0.4, 0.5) is 5.69 Å². The first-order valence-electron chi connectivity index (χ1n) is 8.34. The molecule has 2 aromatic rings. The molecule has 2 fully saturated rings. The Hall–Kier alpha value is -1.92. The van der Waals surface area contributed by atoms with Crippen LogP contribution in [0.5, 0.6) is 0 Å². The van der Waals surface area contributed by atoms with Crippen LogP contribution in [0.15, 0.2) is 24.3 Å². The third-order valence-corrected chi connectivity index (χ3v) is 4.47. The fraction of sp³-hybridized carbons (Fsp3) is 0.471. The Labute approximate surface area is 147 Å². The van der Waals surface area contributed by atoms with E-state index in [1.165, 1.54) is 12.8 Å². The maximum Gasteiger partial charge on any atom is 0.225 e. The Balaban J connectivity index is 0.00000169. The van der Waals surface area contributed by atoms with Crippen molar-refractivity contribution in [1.82, 2.24) is 20.5 Å². The molecule has 1 amide bonds. The summed E-state index contributed by atoms with van der Waals surface area (Å²) in [7, 11) is 0. The molecule has 0 spiro atoms. The van der Waals surface area contributed by atoms with E-state index in [1.807, 2.05) is 24.3 Å². The number of hydrogen-bond donors (Lipinski definition) is 3. The molecule has 1 aromatic heterocycles. The van der Waals surface area contributed by atoms with Gasteiger partial charge in [-0.3, -0.25) is 9.89 Å². The average Bonchev–Trinajstić information content (AvgIpc) is 3.07. The number of carbonyl (C=O) groups is 1. The molecule has 1 atom stereocenters. The minimum Gasteiger partial charge on any atom is -0.326 e. The molecule has 1 aliphatic carbocycles. The smallest absolute Gasteiger partial charge is 0.225 e. The first-order valence-corrected chi connectivity index (χ1v) is 8.34. The van der Waals surface area contributed by atoms with Crippen molar-refractivity contribution in [3.8, 4) is 11.4 Å². The van der Waals surface area contributed by atoms with Crippen molar-refractivity contribution in [3.05, 3.63) is 30.1 Å². The van der Waals surface area contributed by atoms with Crippen LogP contribution in [0.1, 0.15) is 43.8 Å². The third-order valence-electron chi connectivity index (χ3n) is 4.47. The van der Waals surface area contributed by atoms with Gasteiger partial charge in [-0.1, -0.05) is 12.1 Å². The monoisotopic (exact) mass is 347 g/mol. The highest BCUT2D eigenvalue weighted by Crippen LogP contribution is 2.38. The molecule has 128 valence electrons. The number of anilines is 1. The minimum atomic E-state index is 0. The van der Waals surface area contributed by atoms with Crippen molar-refractivity contribution in [3.63, 3.8) is 0 Å². The van der Waals surface area contributed by atoms with Crippen LogP contribution < -0.4 is 10.6 Å². The van der Waals surface area contributed by atoms with Crippen LogP contribution in [-0.2, 0) is 4.79 Å². The number of nitrogens with one attached hydrogen (secondary N) is 3. The van der Waals surface area contributed by atoms with E-state index >= 15 is 0 Å². The van der Waals surface area contributed by atoms with Gasteiger partial charge in [0.05, 0.1) is 0 Å². The van der Waals surface area contributed by atoms with Gasteiger partial charge in [0.1, 0.15) is 5.82 Å². The first kappa shape index (κ1) is 16.9. The fourth-order valence-electron chi connectivity index (χ4n) is 3.05. The summed E-state index contributed by atoms with van der Waals surface area (Å²) in [6.45, 7) is 1.02. The highest BCUT2D eigenvalue weighted by atomic mass is 35.5.